The Balaban J connectivity index is 2.39. The van der Waals surface area contributed by atoms with Crippen LogP contribution in [0.3, 0.4) is 0 Å². The molecule has 0 aromatic carbocycles. The molecule has 3 heteroatoms. The first-order valence-electron chi connectivity index (χ1n) is 10.2. The number of hydrogen-bond acceptors (Lipinski definition) is 3. The van der Waals surface area contributed by atoms with Crippen LogP contribution in [0.15, 0.2) is 0 Å². The second kappa shape index (κ2) is 6.89. The van der Waals surface area contributed by atoms with Crippen molar-refractivity contribution in [2.45, 2.75) is 92.4 Å². The lowest BCUT2D eigenvalue weighted by atomic mass is 9.42. The summed E-state index contributed by atoms with van der Waals surface area (Å²) in [5, 5.41) is 20.8. The first kappa shape index (κ1) is 20.2. The molecule has 1 unspecified atom stereocenters. The van der Waals surface area contributed by atoms with Crippen LogP contribution in [0.1, 0.15) is 86.5 Å². The number of rotatable bonds is 5. The smallest absolute Gasteiger partial charge is 0.223 e. The van der Waals surface area contributed by atoms with Crippen LogP contribution in [0, 0.1) is 40.4 Å². The van der Waals surface area contributed by atoms with Crippen LogP contribution < -0.4 is 5.73 Å². The number of nitrogens with two attached hydrogens (primary N) is 1. The van der Waals surface area contributed by atoms with Gasteiger partial charge in [-0.05, 0) is 60.2 Å². The summed E-state index contributed by atoms with van der Waals surface area (Å²) in [5.74, 6) is 0.125. The molecule has 0 radical (unpaired) electrons. The van der Waals surface area contributed by atoms with Gasteiger partial charge in [0.05, 0.1) is 0 Å². The molecule has 3 nitrogen and oxygen atoms in total. The Morgan fingerprint density at radius 1 is 1.17 bits per heavy atom. The summed E-state index contributed by atoms with van der Waals surface area (Å²) in [6, 6.07) is 0. The fourth-order valence-electron chi connectivity index (χ4n) is 6.48. The monoisotopic (exact) mass is 339 g/mol. The molecular formula is C21H41NO2. The van der Waals surface area contributed by atoms with E-state index in [2.05, 4.69) is 41.5 Å². The van der Waals surface area contributed by atoms with Gasteiger partial charge in [-0.1, -0.05) is 60.8 Å². The second-order valence-electron chi connectivity index (χ2n) is 10.0. The van der Waals surface area contributed by atoms with Crippen molar-refractivity contribution in [1.29, 1.82) is 0 Å². The summed E-state index contributed by atoms with van der Waals surface area (Å²) in [7, 11) is 0. The summed E-state index contributed by atoms with van der Waals surface area (Å²) < 4.78 is 0. The molecule has 0 spiro atoms. The molecule has 0 aliphatic heterocycles. The predicted octanol–water partition coefficient (Wildman–Crippen LogP) is 4.51. The van der Waals surface area contributed by atoms with Crippen LogP contribution >= 0.6 is 0 Å². The largest absolute Gasteiger partial charge is 0.353 e. The molecule has 24 heavy (non-hydrogen) atoms. The van der Waals surface area contributed by atoms with Crippen molar-refractivity contribution in [1.82, 2.24) is 0 Å². The molecule has 2 saturated carbocycles. The third-order valence-corrected chi connectivity index (χ3v) is 8.10. The van der Waals surface area contributed by atoms with Gasteiger partial charge in [0.25, 0.3) is 0 Å². The molecule has 0 heterocycles. The maximum Gasteiger partial charge on any atom is 0.223 e. The summed E-state index contributed by atoms with van der Waals surface area (Å²) >= 11 is 0. The standard InChI is InChI=1S/C21H41NO2/c1-7-14(2)8-10-16-15(3)9-11-17-19(4,5)13-12-18(20(16,17)6)21(22,23)24/h14-18,23-24H,7-13,22H2,1-6H3/t14-,15+,16+,17+,18?,20-/m1/s1. The van der Waals surface area contributed by atoms with Crippen molar-refractivity contribution < 1.29 is 10.2 Å². The van der Waals surface area contributed by atoms with Crippen molar-refractivity contribution in [2.75, 3.05) is 0 Å². The highest BCUT2D eigenvalue weighted by atomic mass is 16.5. The van der Waals surface area contributed by atoms with Crippen molar-refractivity contribution in [2.24, 2.45) is 46.2 Å². The Morgan fingerprint density at radius 2 is 1.79 bits per heavy atom. The van der Waals surface area contributed by atoms with E-state index in [-0.39, 0.29) is 16.7 Å². The first-order valence-corrected chi connectivity index (χ1v) is 10.2. The molecule has 0 aromatic heterocycles. The lowest BCUT2D eigenvalue weighted by molar-refractivity contribution is -0.272. The predicted molar refractivity (Wildman–Crippen MR) is 100 cm³/mol. The fraction of sp³-hybridized carbons (Fsp3) is 1.00. The summed E-state index contributed by atoms with van der Waals surface area (Å²) in [4.78, 5) is 0. The van der Waals surface area contributed by atoms with E-state index in [1.807, 2.05) is 0 Å². The van der Waals surface area contributed by atoms with E-state index in [1.165, 1.54) is 32.1 Å². The molecule has 0 bridgehead atoms. The van der Waals surface area contributed by atoms with Gasteiger partial charge in [-0.3, -0.25) is 5.73 Å². The molecule has 0 aromatic rings. The highest BCUT2D eigenvalue weighted by Gasteiger charge is 2.61. The van der Waals surface area contributed by atoms with Crippen molar-refractivity contribution in [3.05, 3.63) is 0 Å². The van der Waals surface area contributed by atoms with E-state index in [9.17, 15) is 10.2 Å². The highest BCUT2D eigenvalue weighted by molar-refractivity contribution is 5.08. The van der Waals surface area contributed by atoms with E-state index >= 15 is 0 Å². The van der Waals surface area contributed by atoms with Gasteiger partial charge in [0, 0.05) is 5.92 Å². The van der Waals surface area contributed by atoms with Crippen LogP contribution in [0.25, 0.3) is 0 Å². The topological polar surface area (TPSA) is 66.5 Å². The summed E-state index contributed by atoms with van der Waals surface area (Å²) in [6.45, 7) is 14.0. The Kier molecular flexibility index (Phi) is 5.80. The van der Waals surface area contributed by atoms with E-state index < -0.39 is 5.91 Å². The number of hydrogen-bond donors (Lipinski definition) is 3. The van der Waals surface area contributed by atoms with E-state index in [4.69, 9.17) is 5.73 Å². The van der Waals surface area contributed by atoms with Crippen molar-refractivity contribution in [3.8, 4) is 0 Å². The maximum absolute atomic E-state index is 10.4. The molecule has 142 valence electrons. The van der Waals surface area contributed by atoms with Crippen molar-refractivity contribution in [3.63, 3.8) is 0 Å². The molecule has 2 aliphatic rings. The van der Waals surface area contributed by atoms with Gasteiger partial charge in [-0.25, -0.2) is 0 Å². The Bertz CT molecular complexity index is 424. The zero-order valence-electron chi connectivity index (χ0n) is 16.8. The Hall–Kier alpha value is -0.120. The lowest BCUT2D eigenvalue weighted by Gasteiger charge is -2.63. The minimum absolute atomic E-state index is 0.0921. The SMILES string of the molecule is CC[C@@H](C)CC[C@H]1[C@@H](C)CC[C@H]2C(C)(C)CCC(C(N)(O)O)[C@]12C. The van der Waals surface area contributed by atoms with Gasteiger partial charge in [0.2, 0.25) is 5.91 Å². The van der Waals surface area contributed by atoms with E-state index in [1.54, 1.807) is 0 Å². The van der Waals surface area contributed by atoms with Gasteiger partial charge in [-0.15, -0.1) is 0 Å². The third kappa shape index (κ3) is 3.54. The molecule has 2 rings (SSSR count). The van der Waals surface area contributed by atoms with E-state index in [0.29, 0.717) is 17.8 Å². The van der Waals surface area contributed by atoms with Gasteiger partial charge in [0.1, 0.15) is 0 Å². The second-order valence-corrected chi connectivity index (χ2v) is 10.0. The van der Waals surface area contributed by atoms with Gasteiger partial charge >= 0.3 is 0 Å². The normalized spacial score (nSPS) is 40.9. The van der Waals surface area contributed by atoms with Gasteiger partial charge in [0.15, 0.2) is 0 Å². The van der Waals surface area contributed by atoms with Crippen LogP contribution in [-0.2, 0) is 0 Å². The number of aliphatic hydroxyl groups is 2. The molecule has 6 atom stereocenters. The lowest BCUT2D eigenvalue weighted by Crippen LogP contribution is -2.64. The zero-order chi connectivity index (χ0) is 18.3. The van der Waals surface area contributed by atoms with Crippen LogP contribution in [0.4, 0.5) is 0 Å². The quantitative estimate of drug-likeness (QED) is 0.645. The Labute approximate surface area is 149 Å². The molecule has 4 N–H and O–H groups in total. The highest BCUT2D eigenvalue weighted by Crippen LogP contribution is 2.65. The minimum Gasteiger partial charge on any atom is -0.353 e. The average Bonchev–Trinajstić information content (AvgIpc) is 2.43. The molecular weight excluding hydrogens is 298 g/mol. The molecule has 2 fully saturated rings. The van der Waals surface area contributed by atoms with E-state index in [0.717, 1.165) is 18.8 Å². The zero-order valence-corrected chi connectivity index (χ0v) is 16.8. The summed E-state index contributed by atoms with van der Waals surface area (Å²) in [5.41, 5.74) is 6.05. The first-order chi connectivity index (χ1) is 10.9. The summed E-state index contributed by atoms with van der Waals surface area (Å²) in [6.07, 6.45) is 7.94. The van der Waals surface area contributed by atoms with Crippen LogP contribution in [0.2, 0.25) is 0 Å². The van der Waals surface area contributed by atoms with Gasteiger partial charge < -0.3 is 10.2 Å². The Morgan fingerprint density at radius 3 is 2.33 bits per heavy atom. The third-order valence-electron chi connectivity index (χ3n) is 8.10. The molecule has 0 saturated heterocycles. The fourth-order valence-corrected chi connectivity index (χ4v) is 6.48. The van der Waals surface area contributed by atoms with Crippen LogP contribution in [-0.4, -0.2) is 16.1 Å². The molecule has 0 amide bonds. The number of fused-ring (bicyclic) bond motifs is 1. The molecule has 2 aliphatic carbocycles. The average molecular weight is 340 g/mol. The van der Waals surface area contributed by atoms with Crippen molar-refractivity contribution >= 4 is 0 Å². The maximum atomic E-state index is 10.4. The van der Waals surface area contributed by atoms with Gasteiger partial charge in [-0.2, -0.15) is 0 Å². The minimum atomic E-state index is -2.06. The van der Waals surface area contributed by atoms with Crippen LogP contribution in [0.5, 0.6) is 0 Å².